The summed E-state index contributed by atoms with van der Waals surface area (Å²) in [6.07, 6.45) is 0. The van der Waals surface area contributed by atoms with Gasteiger partial charge in [0.25, 0.3) is 0 Å². The third-order valence-corrected chi connectivity index (χ3v) is 0.412. The van der Waals surface area contributed by atoms with Gasteiger partial charge < -0.3 is 5.31 Å². The van der Waals surface area contributed by atoms with Crippen molar-refractivity contribution in [1.29, 1.82) is 5.41 Å². The van der Waals surface area contributed by atoms with Crippen molar-refractivity contribution in [3.8, 4) is 0 Å². The Morgan fingerprint density at radius 1 is 2.40 bits per heavy atom. The van der Waals surface area contributed by atoms with Crippen LogP contribution in [0.4, 0.5) is 0 Å². The van der Waals surface area contributed by atoms with E-state index in [1.54, 1.807) is 0 Å². The number of hydrogen-bond donors (Lipinski definition) is 3. The Kier molecular flexibility index (Phi) is 1.26. The van der Waals surface area contributed by atoms with E-state index >= 15 is 0 Å². The summed E-state index contributed by atoms with van der Waals surface area (Å²) in [4.78, 5) is 0. The van der Waals surface area contributed by atoms with Crippen molar-refractivity contribution < 1.29 is 1.41 Å². The summed E-state index contributed by atoms with van der Waals surface area (Å²) in [5.74, 6) is 0. The Bertz CT molecular complexity index is 62.6. The van der Waals surface area contributed by atoms with Crippen LogP contribution < -0.4 is 5.31 Å². The molecule has 0 amide bonds. The van der Waals surface area contributed by atoms with Crippen molar-refractivity contribution in [2.24, 2.45) is 0 Å². The third kappa shape index (κ3) is 3.82. The topological polar surface area (TPSA) is 35.9 Å². The largest absolute Gasteiger partial charge is 0.368 e. The molecular weight excluding hydrogens is 84.1 g/mol. The van der Waals surface area contributed by atoms with Crippen molar-refractivity contribution in [3.63, 3.8) is 0 Å². The molecule has 30 valence electrons. The summed E-state index contributed by atoms with van der Waals surface area (Å²) >= 11 is 3.51. The van der Waals surface area contributed by atoms with Gasteiger partial charge in [-0.1, -0.05) is 0 Å². The Balaban J connectivity index is 3.26. The van der Waals surface area contributed by atoms with Crippen LogP contribution in [0, 0.1) is 5.41 Å². The van der Waals surface area contributed by atoms with E-state index in [0.29, 0.717) is 0 Å². The molecule has 0 aromatic rings. The van der Waals surface area contributed by atoms with E-state index in [0.717, 1.165) is 5.31 Å². The first kappa shape index (κ1) is 3.03. The van der Waals surface area contributed by atoms with Crippen LogP contribution in [0.25, 0.3) is 0 Å². The molecule has 0 spiro atoms. The van der Waals surface area contributed by atoms with Crippen LogP contribution in [0.1, 0.15) is 0 Å². The highest BCUT2D eigenvalue weighted by atomic mass is 32.1. The van der Waals surface area contributed by atoms with Crippen molar-refractivity contribution in [3.05, 3.63) is 0 Å². The Morgan fingerprint density at radius 3 is 2.60 bits per heavy atom. The summed E-state index contributed by atoms with van der Waals surface area (Å²) in [5, 5.41) is 7.37. The van der Waals surface area contributed by atoms with E-state index in [-0.39, 0.29) is 5.17 Å². The molecule has 0 saturated heterocycles. The Hall–Kier alpha value is -0.180. The second kappa shape index (κ2) is 2.08. The lowest BCUT2D eigenvalue weighted by molar-refractivity contribution is 1.18. The molecule has 2 nitrogen and oxygen atoms in total. The van der Waals surface area contributed by atoms with Crippen LogP contribution >= 0.6 is 12.6 Å². The average molecular weight is 91.2 g/mol. The molecule has 2 N–H and O–H groups in total. The molecule has 0 aliphatic carbocycles. The maximum absolute atomic E-state index is 6.56. The fourth-order valence-electron chi connectivity index (χ4n) is 0. The minimum atomic E-state index is -0.0463. The second-order valence-electron chi connectivity index (χ2n) is 0.547. The van der Waals surface area contributed by atoms with E-state index in [9.17, 15) is 0 Å². The molecule has 3 heteroatoms. The van der Waals surface area contributed by atoms with Gasteiger partial charge in [-0.05, 0) is 0 Å². The molecule has 0 aromatic heterocycles. The predicted molar refractivity (Wildman–Crippen MR) is 25.8 cm³/mol. The molecule has 0 radical (unpaired) electrons. The molecule has 0 bridgehead atoms. The van der Waals surface area contributed by atoms with E-state index < -0.39 is 0 Å². The van der Waals surface area contributed by atoms with Gasteiger partial charge in [0.2, 0.25) is 0 Å². The van der Waals surface area contributed by atoms with Crippen molar-refractivity contribution in [2.45, 2.75) is 0 Å². The highest BCUT2D eigenvalue weighted by Crippen LogP contribution is 1.63. The lowest BCUT2D eigenvalue weighted by Crippen LogP contribution is -2.08. The van der Waals surface area contributed by atoms with Crippen LogP contribution in [0.5, 0.6) is 0 Å². The molecule has 0 aliphatic heterocycles. The number of amidine groups is 1. The van der Waals surface area contributed by atoms with E-state index in [1.165, 1.54) is 7.05 Å². The quantitative estimate of drug-likeness (QED) is 0.220. The van der Waals surface area contributed by atoms with Crippen LogP contribution in [0.3, 0.4) is 0 Å². The summed E-state index contributed by atoms with van der Waals surface area (Å²) in [7, 11) is 1.44. The SMILES string of the molecule is [2H]N(C)C(=N)S. The molecule has 0 heterocycles. The van der Waals surface area contributed by atoms with Gasteiger partial charge in [-0.2, -0.15) is 0 Å². The zero-order valence-electron chi connectivity index (χ0n) is 3.89. The van der Waals surface area contributed by atoms with Crippen molar-refractivity contribution >= 4 is 17.8 Å². The normalized spacial score (nSPS) is 9.60. The van der Waals surface area contributed by atoms with Gasteiger partial charge in [0.1, 0.15) is 5.17 Å². The predicted octanol–water partition coefficient (Wildman–Crippen LogP) is 0.0704. The molecule has 0 atom stereocenters. The fourth-order valence-corrected chi connectivity index (χ4v) is 0. The lowest BCUT2D eigenvalue weighted by atomic mass is 11.2. The van der Waals surface area contributed by atoms with Gasteiger partial charge in [-0.3, -0.25) is 5.41 Å². The molecule has 0 fully saturated rings. The maximum atomic E-state index is 6.56. The third-order valence-electron chi connectivity index (χ3n) is 0.212. The van der Waals surface area contributed by atoms with E-state index in [4.69, 9.17) is 6.82 Å². The molecule has 0 aromatic carbocycles. The summed E-state index contributed by atoms with van der Waals surface area (Å²) in [5.41, 5.74) is 0. The standard InChI is InChI=1S/C2H6N2S/c1-4-2(3)5/h1H3,(H3,3,4,5)/i/hD. The second-order valence-corrected chi connectivity index (χ2v) is 0.971. The van der Waals surface area contributed by atoms with E-state index in [2.05, 4.69) is 12.6 Å². The number of rotatable bonds is 0. The number of nitrogens with one attached hydrogen (secondary N) is 2. The first-order valence-corrected chi connectivity index (χ1v) is 1.59. The number of thiol groups is 1. The van der Waals surface area contributed by atoms with Crippen molar-refractivity contribution in [2.75, 3.05) is 7.05 Å². The fraction of sp³-hybridized carbons (Fsp3) is 0.500. The molecule has 5 heavy (non-hydrogen) atoms. The molecule has 0 saturated carbocycles. The molecule has 0 unspecified atom stereocenters. The minimum Gasteiger partial charge on any atom is -0.368 e. The minimum absolute atomic E-state index is 0.0463. The highest BCUT2D eigenvalue weighted by molar-refractivity contribution is 7.96. The van der Waals surface area contributed by atoms with Gasteiger partial charge in [0.15, 0.2) is 1.41 Å². The first-order valence-electron chi connectivity index (χ1n) is 1.59. The zero-order valence-corrected chi connectivity index (χ0v) is 3.79. The maximum Gasteiger partial charge on any atom is 0.162 e. The molecular formula is C2H6N2S. The van der Waals surface area contributed by atoms with E-state index in [1.807, 2.05) is 0 Å². The van der Waals surface area contributed by atoms with Gasteiger partial charge in [-0.25, -0.2) is 0 Å². The lowest BCUT2D eigenvalue weighted by Gasteiger charge is -1.83. The van der Waals surface area contributed by atoms with Gasteiger partial charge >= 0.3 is 0 Å². The summed E-state index contributed by atoms with van der Waals surface area (Å²) in [6.45, 7) is 0. The van der Waals surface area contributed by atoms with Gasteiger partial charge in [0.05, 0.1) is 0 Å². The Labute approximate surface area is 38.0 Å². The van der Waals surface area contributed by atoms with Crippen LogP contribution in [-0.2, 0) is 0 Å². The van der Waals surface area contributed by atoms with Crippen LogP contribution in [-0.4, -0.2) is 12.2 Å². The van der Waals surface area contributed by atoms with Gasteiger partial charge in [-0.15, -0.1) is 12.6 Å². The van der Waals surface area contributed by atoms with Gasteiger partial charge in [0, 0.05) is 7.05 Å². The van der Waals surface area contributed by atoms with Crippen LogP contribution in [0.2, 0.25) is 1.41 Å². The first-order chi connectivity index (χ1) is 2.64. The van der Waals surface area contributed by atoms with Crippen molar-refractivity contribution in [1.82, 2.24) is 5.31 Å². The van der Waals surface area contributed by atoms with Crippen LogP contribution in [0.15, 0.2) is 0 Å². The highest BCUT2D eigenvalue weighted by Gasteiger charge is 1.67. The molecule has 0 aliphatic rings. The molecule has 0 rings (SSSR count). The smallest absolute Gasteiger partial charge is 0.162 e. The zero-order chi connectivity index (χ0) is 5.15. The monoisotopic (exact) mass is 91.0 g/mol. The average Bonchev–Trinajstić information content (AvgIpc) is 1.36. The Morgan fingerprint density at radius 2 is 2.60 bits per heavy atom. The number of hydrogen-bond acceptors (Lipinski definition) is 1. The summed E-state index contributed by atoms with van der Waals surface area (Å²) in [6, 6.07) is 0. The summed E-state index contributed by atoms with van der Waals surface area (Å²) < 4.78 is 6.56.